The van der Waals surface area contributed by atoms with Crippen LogP contribution >= 0.6 is 0 Å². The minimum absolute atomic E-state index is 0.327. The van der Waals surface area contributed by atoms with Crippen LogP contribution < -0.4 is 5.32 Å². The molecule has 0 aliphatic heterocycles. The summed E-state index contributed by atoms with van der Waals surface area (Å²) >= 11 is 0. The first-order valence-electron chi connectivity index (χ1n) is 7.29. The van der Waals surface area contributed by atoms with E-state index in [4.69, 9.17) is 0 Å². The molecule has 2 aromatic carbocycles. The van der Waals surface area contributed by atoms with Crippen LogP contribution in [0, 0.1) is 25.5 Å². The SMILES string of the molecule is CCCNCc1ccc(C)c(-c2cc(F)c(C)cc2F)c1. The van der Waals surface area contributed by atoms with Gasteiger partial charge in [-0.2, -0.15) is 0 Å². The van der Waals surface area contributed by atoms with Gasteiger partial charge in [0.15, 0.2) is 0 Å². The van der Waals surface area contributed by atoms with Crippen LogP contribution in [-0.2, 0) is 6.54 Å². The summed E-state index contributed by atoms with van der Waals surface area (Å²) in [7, 11) is 0. The normalized spacial score (nSPS) is 10.9. The van der Waals surface area contributed by atoms with E-state index in [1.165, 1.54) is 12.1 Å². The van der Waals surface area contributed by atoms with E-state index in [1.54, 1.807) is 6.92 Å². The largest absolute Gasteiger partial charge is 0.313 e. The maximum Gasteiger partial charge on any atom is 0.131 e. The Balaban J connectivity index is 2.39. The van der Waals surface area contributed by atoms with Crippen molar-refractivity contribution in [1.29, 1.82) is 0 Å². The van der Waals surface area contributed by atoms with Crippen LogP contribution in [0.3, 0.4) is 0 Å². The second-order valence-electron chi connectivity index (χ2n) is 5.41. The molecule has 1 N–H and O–H groups in total. The molecule has 21 heavy (non-hydrogen) atoms. The summed E-state index contributed by atoms with van der Waals surface area (Å²) in [6.45, 7) is 7.27. The van der Waals surface area contributed by atoms with Gasteiger partial charge in [0, 0.05) is 12.1 Å². The highest BCUT2D eigenvalue weighted by Gasteiger charge is 2.12. The minimum Gasteiger partial charge on any atom is -0.313 e. The zero-order valence-electron chi connectivity index (χ0n) is 12.8. The quantitative estimate of drug-likeness (QED) is 0.783. The van der Waals surface area contributed by atoms with Gasteiger partial charge in [0.05, 0.1) is 0 Å². The number of hydrogen-bond acceptors (Lipinski definition) is 1. The molecule has 0 saturated heterocycles. The highest BCUT2D eigenvalue weighted by molar-refractivity contribution is 5.69. The summed E-state index contributed by atoms with van der Waals surface area (Å²) in [6.07, 6.45) is 1.07. The molecule has 0 saturated carbocycles. The average Bonchev–Trinajstić information content (AvgIpc) is 2.45. The van der Waals surface area contributed by atoms with E-state index in [0.29, 0.717) is 11.1 Å². The maximum absolute atomic E-state index is 14.2. The van der Waals surface area contributed by atoms with Crippen LogP contribution in [0.5, 0.6) is 0 Å². The first-order chi connectivity index (χ1) is 10.0. The van der Waals surface area contributed by atoms with Gasteiger partial charge in [-0.05, 0) is 67.3 Å². The summed E-state index contributed by atoms with van der Waals surface area (Å²) < 4.78 is 27.9. The Morgan fingerprint density at radius 3 is 2.38 bits per heavy atom. The molecule has 0 unspecified atom stereocenters. The van der Waals surface area contributed by atoms with Gasteiger partial charge in [-0.25, -0.2) is 8.78 Å². The topological polar surface area (TPSA) is 12.0 Å². The van der Waals surface area contributed by atoms with Crippen molar-refractivity contribution in [3.8, 4) is 11.1 Å². The Bertz CT molecular complexity index is 635. The van der Waals surface area contributed by atoms with E-state index >= 15 is 0 Å². The summed E-state index contributed by atoms with van der Waals surface area (Å²) in [4.78, 5) is 0. The van der Waals surface area contributed by atoms with Gasteiger partial charge in [-0.1, -0.05) is 19.1 Å². The molecule has 0 radical (unpaired) electrons. The molecular weight excluding hydrogens is 268 g/mol. The van der Waals surface area contributed by atoms with E-state index in [9.17, 15) is 8.78 Å². The molecular formula is C18H21F2N. The molecule has 2 rings (SSSR count). The minimum atomic E-state index is -0.379. The Morgan fingerprint density at radius 1 is 0.905 bits per heavy atom. The molecule has 0 fully saturated rings. The van der Waals surface area contributed by atoms with E-state index in [1.807, 2.05) is 25.1 Å². The zero-order chi connectivity index (χ0) is 15.4. The van der Waals surface area contributed by atoms with Crippen molar-refractivity contribution in [3.05, 3.63) is 58.7 Å². The first-order valence-corrected chi connectivity index (χ1v) is 7.29. The standard InChI is InChI=1S/C18H21F2N/c1-4-7-21-11-14-6-5-12(2)15(9-14)16-10-17(19)13(3)8-18(16)20/h5-6,8-10,21H,4,7,11H2,1-3H3. The molecule has 0 atom stereocenters. The average molecular weight is 289 g/mol. The van der Waals surface area contributed by atoms with Gasteiger partial charge < -0.3 is 5.32 Å². The van der Waals surface area contributed by atoms with E-state index in [0.717, 1.165) is 36.2 Å². The first kappa shape index (κ1) is 15.6. The lowest BCUT2D eigenvalue weighted by molar-refractivity contribution is 0.595. The Labute approximate surface area is 125 Å². The molecule has 112 valence electrons. The van der Waals surface area contributed by atoms with Crippen LogP contribution in [0.4, 0.5) is 8.78 Å². The lowest BCUT2D eigenvalue weighted by atomic mass is 9.96. The molecule has 2 aromatic rings. The highest BCUT2D eigenvalue weighted by Crippen LogP contribution is 2.29. The van der Waals surface area contributed by atoms with Gasteiger partial charge in [0.25, 0.3) is 0 Å². The molecule has 3 heteroatoms. The smallest absolute Gasteiger partial charge is 0.131 e. The van der Waals surface area contributed by atoms with Gasteiger partial charge in [-0.3, -0.25) is 0 Å². The van der Waals surface area contributed by atoms with Gasteiger partial charge >= 0.3 is 0 Å². The van der Waals surface area contributed by atoms with Gasteiger partial charge in [0.2, 0.25) is 0 Å². The number of aryl methyl sites for hydroxylation is 2. The van der Waals surface area contributed by atoms with Crippen molar-refractivity contribution in [2.75, 3.05) is 6.54 Å². The maximum atomic E-state index is 14.2. The van der Waals surface area contributed by atoms with Gasteiger partial charge in [0.1, 0.15) is 11.6 Å². The molecule has 0 heterocycles. The predicted octanol–water partition coefficient (Wildman–Crippen LogP) is 4.75. The lowest BCUT2D eigenvalue weighted by Crippen LogP contribution is -2.13. The van der Waals surface area contributed by atoms with Crippen molar-refractivity contribution in [3.63, 3.8) is 0 Å². The van der Waals surface area contributed by atoms with Gasteiger partial charge in [-0.15, -0.1) is 0 Å². The molecule has 0 aromatic heterocycles. The van der Waals surface area contributed by atoms with Crippen LogP contribution in [-0.4, -0.2) is 6.54 Å². The third-order valence-corrected chi connectivity index (χ3v) is 3.60. The summed E-state index contributed by atoms with van der Waals surface area (Å²) in [6, 6.07) is 8.45. The van der Waals surface area contributed by atoms with Crippen LogP contribution in [0.1, 0.15) is 30.0 Å². The van der Waals surface area contributed by atoms with Crippen molar-refractivity contribution < 1.29 is 8.78 Å². The molecule has 1 nitrogen and oxygen atoms in total. The molecule has 0 bridgehead atoms. The van der Waals surface area contributed by atoms with Crippen molar-refractivity contribution >= 4 is 0 Å². The van der Waals surface area contributed by atoms with Crippen LogP contribution in [0.2, 0.25) is 0 Å². The van der Waals surface area contributed by atoms with Crippen molar-refractivity contribution in [1.82, 2.24) is 5.32 Å². The Kier molecular flexibility index (Phi) is 5.07. The number of nitrogens with one attached hydrogen (secondary N) is 1. The number of benzene rings is 2. The van der Waals surface area contributed by atoms with Crippen LogP contribution in [0.25, 0.3) is 11.1 Å². The van der Waals surface area contributed by atoms with Crippen molar-refractivity contribution in [2.24, 2.45) is 0 Å². The van der Waals surface area contributed by atoms with E-state index in [-0.39, 0.29) is 11.6 Å². The molecule has 0 aliphatic rings. The van der Waals surface area contributed by atoms with E-state index < -0.39 is 0 Å². The fourth-order valence-corrected chi connectivity index (χ4v) is 2.33. The summed E-state index contributed by atoms with van der Waals surface area (Å²) in [5.74, 6) is -0.754. The fraction of sp³-hybridized carbons (Fsp3) is 0.333. The Morgan fingerprint density at radius 2 is 1.67 bits per heavy atom. The second-order valence-corrected chi connectivity index (χ2v) is 5.41. The third kappa shape index (κ3) is 3.67. The third-order valence-electron chi connectivity index (χ3n) is 3.60. The number of hydrogen-bond donors (Lipinski definition) is 1. The number of halogens is 2. The molecule has 0 aliphatic carbocycles. The van der Waals surface area contributed by atoms with E-state index in [2.05, 4.69) is 12.2 Å². The summed E-state index contributed by atoms with van der Waals surface area (Å²) in [5, 5.41) is 3.32. The second kappa shape index (κ2) is 6.81. The Hall–Kier alpha value is -1.74. The van der Waals surface area contributed by atoms with Crippen LogP contribution in [0.15, 0.2) is 30.3 Å². The number of rotatable bonds is 5. The molecule has 0 spiro atoms. The lowest BCUT2D eigenvalue weighted by Gasteiger charge is -2.12. The highest BCUT2D eigenvalue weighted by atomic mass is 19.1. The molecule has 0 amide bonds. The predicted molar refractivity (Wildman–Crippen MR) is 83.3 cm³/mol. The summed E-state index contributed by atoms with van der Waals surface area (Å²) in [5.41, 5.74) is 3.42. The zero-order valence-corrected chi connectivity index (χ0v) is 12.8. The fourth-order valence-electron chi connectivity index (χ4n) is 2.33. The monoisotopic (exact) mass is 289 g/mol. The van der Waals surface area contributed by atoms with Crippen molar-refractivity contribution in [2.45, 2.75) is 33.7 Å².